The first kappa shape index (κ1) is 20.8. The number of rotatable bonds is 4. The third-order valence-electron chi connectivity index (χ3n) is 6.57. The summed E-state index contributed by atoms with van der Waals surface area (Å²) in [6.45, 7) is 3.16. The van der Waals surface area contributed by atoms with Crippen LogP contribution in [0.2, 0.25) is 0 Å². The van der Waals surface area contributed by atoms with E-state index >= 15 is 0 Å². The van der Waals surface area contributed by atoms with Crippen LogP contribution in [0.25, 0.3) is 0 Å². The average molecular weight is 447 g/mol. The van der Waals surface area contributed by atoms with E-state index in [0.29, 0.717) is 25.1 Å². The molecular weight excluding hydrogens is 420 g/mol. The van der Waals surface area contributed by atoms with Crippen LogP contribution >= 0.6 is 0 Å². The van der Waals surface area contributed by atoms with Gasteiger partial charge in [0.15, 0.2) is 0 Å². The SMILES string of the molecule is Cc1ccccc1C1CCCN1C(=O)c1cccc(S(=O)(=O)N2CCc3ccccc32)c1. The standard InChI is InChI=1S/C26H26N2O3S/c1-19-8-2-4-12-23(19)25-14-7-16-27(25)26(29)21-10-6-11-22(18-21)32(30,31)28-17-15-20-9-3-5-13-24(20)28/h2-6,8-13,18,25H,7,14-17H2,1H3. The summed E-state index contributed by atoms with van der Waals surface area (Å²) < 4.78 is 28.3. The number of nitrogens with zero attached hydrogens (tertiary/aromatic N) is 2. The number of anilines is 1. The van der Waals surface area contributed by atoms with Crippen LogP contribution in [0.15, 0.2) is 77.7 Å². The average Bonchev–Trinajstić information content (AvgIpc) is 3.47. The van der Waals surface area contributed by atoms with Crippen molar-refractivity contribution < 1.29 is 13.2 Å². The van der Waals surface area contributed by atoms with Gasteiger partial charge in [0, 0.05) is 18.7 Å². The fourth-order valence-corrected chi connectivity index (χ4v) is 6.48. The largest absolute Gasteiger partial charge is 0.332 e. The second-order valence-electron chi connectivity index (χ2n) is 8.50. The summed E-state index contributed by atoms with van der Waals surface area (Å²) in [4.78, 5) is 15.5. The molecule has 164 valence electrons. The molecular formula is C26H26N2O3S. The Morgan fingerprint density at radius 3 is 2.56 bits per heavy atom. The molecule has 0 saturated carbocycles. The van der Waals surface area contributed by atoms with Crippen molar-refractivity contribution in [2.45, 2.75) is 37.1 Å². The van der Waals surface area contributed by atoms with Crippen molar-refractivity contribution in [3.63, 3.8) is 0 Å². The topological polar surface area (TPSA) is 57.7 Å². The molecule has 0 bridgehead atoms. The smallest absolute Gasteiger partial charge is 0.264 e. The number of amides is 1. The number of hydrogen-bond acceptors (Lipinski definition) is 3. The molecule has 6 heteroatoms. The van der Waals surface area contributed by atoms with Gasteiger partial charge in [-0.3, -0.25) is 9.10 Å². The fraction of sp³-hybridized carbons (Fsp3) is 0.269. The lowest BCUT2D eigenvalue weighted by Crippen LogP contribution is -2.32. The predicted molar refractivity (Wildman–Crippen MR) is 125 cm³/mol. The molecule has 1 atom stereocenters. The van der Waals surface area contributed by atoms with Gasteiger partial charge in [-0.05, 0) is 67.1 Å². The van der Waals surface area contributed by atoms with Gasteiger partial charge in [-0.15, -0.1) is 0 Å². The lowest BCUT2D eigenvalue weighted by Gasteiger charge is -2.27. The molecule has 32 heavy (non-hydrogen) atoms. The molecule has 0 N–H and O–H groups in total. The number of aryl methyl sites for hydroxylation is 1. The number of carbonyl (C=O) groups is 1. The Kier molecular flexibility index (Phi) is 5.25. The third kappa shape index (κ3) is 3.48. The first-order valence-electron chi connectivity index (χ1n) is 11.0. The molecule has 1 unspecified atom stereocenters. The minimum absolute atomic E-state index is 0.0226. The van der Waals surface area contributed by atoms with Crippen LogP contribution in [0.3, 0.4) is 0 Å². The molecule has 0 aromatic heterocycles. The van der Waals surface area contributed by atoms with E-state index in [2.05, 4.69) is 19.1 Å². The maximum Gasteiger partial charge on any atom is 0.264 e. The maximum atomic E-state index is 13.5. The van der Waals surface area contributed by atoms with E-state index in [1.165, 1.54) is 15.9 Å². The van der Waals surface area contributed by atoms with Crippen molar-refractivity contribution in [2.24, 2.45) is 0 Å². The van der Waals surface area contributed by atoms with Crippen molar-refractivity contribution in [1.82, 2.24) is 4.90 Å². The third-order valence-corrected chi connectivity index (χ3v) is 8.38. The molecule has 2 aliphatic rings. The number of sulfonamides is 1. The van der Waals surface area contributed by atoms with Crippen molar-refractivity contribution in [3.05, 3.63) is 95.1 Å². The number of hydrogen-bond donors (Lipinski definition) is 0. The Balaban J connectivity index is 1.45. The summed E-state index contributed by atoms with van der Waals surface area (Å²) in [6, 6.07) is 22.3. The second kappa shape index (κ2) is 8.10. The van der Waals surface area contributed by atoms with E-state index in [-0.39, 0.29) is 16.8 Å². The highest BCUT2D eigenvalue weighted by atomic mass is 32.2. The maximum absolute atomic E-state index is 13.5. The predicted octanol–water partition coefficient (Wildman–Crippen LogP) is 4.72. The first-order valence-corrected chi connectivity index (χ1v) is 12.5. The van der Waals surface area contributed by atoms with Gasteiger partial charge in [0.2, 0.25) is 0 Å². The molecule has 1 fully saturated rings. The highest BCUT2D eigenvalue weighted by Gasteiger charge is 2.34. The lowest BCUT2D eigenvalue weighted by molar-refractivity contribution is 0.0735. The zero-order valence-electron chi connectivity index (χ0n) is 18.1. The van der Waals surface area contributed by atoms with Gasteiger partial charge in [-0.2, -0.15) is 0 Å². The molecule has 5 rings (SSSR count). The summed E-state index contributed by atoms with van der Waals surface area (Å²) in [5.41, 5.74) is 4.50. The molecule has 5 nitrogen and oxygen atoms in total. The number of likely N-dealkylation sites (tertiary alicyclic amines) is 1. The highest BCUT2D eigenvalue weighted by molar-refractivity contribution is 7.92. The fourth-order valence-electron chi connectivity index (χ4n) is 4.93. The van der Waals surface area contributed by atoms with Gasteiger partial charge in [-0.25, -0.2) is 8.42 Å². The van der Waals surface area contributed by atoms with Crippen LogP contribution < -0.4 is 4.31 Å². The van der Waals surface area contributed by atoms with Crippen molar-refractivity contribution in [1.29, 1.82) is 0 Å². The Bertz CT molecular complexity index is 1290. The minimum atomic E-state index is -3.74. The van der Waals surface area contributed by atoms with Gasteiger partial charge >= 0.3 is 0 Å². The Hall–Kier alpha value is -3.12. The Morgan fingerprint density at radius 2 is 1.72 bits per heavy atom. The summed E-state index contributed by atoms with van der Waals surface area (Å²) in [5, 5.41) is 0. The molecule has 0 aliphatic carbocycles. The quantitative estimate of drug-likeness (QED) is 0.583. The number of fused-ring (bicyclic) bond motifs is 1. The van der Waals surface area contributed by atoms with Crippen LogP contribution in [0.1, 0.15) is 45.9 Å². The monoisotopic (exact) mass is 446 g/mol. The summed E-state index contributed by atoms with van der Waals surface area (Å²) in [6.07, 6.45) is 2.55. The molecule has 3 aromatic carbocycles. The minimum Gasteiger partial charge on any atom is -0.332 e. The van der Waals surface area contributed by atoms with E-state index < -0.39 is 10.0 Å². The molecule has 0 radical (unpaired) electrons. The summed E-state index contributed by atoms with van der Waals surface area (Å²) in [5.74, 6) is -0.116. The lowest BCUT2D eigenvalue weighted by atomic mass is 9.99. The van der Waals surface area contributed by atoms with Gasteiger partial charge in [0.25, 0.3) is 15.9 Å². The van der Waals surface area contributed by atoms with E-state index in [4.69, 9.17) is 0 Å². The molecule has 1 amide bonds. The number of para-hydroxylation sites is 1. The molecule has 2 heterocycles. The highest BCUT2D eigenvalue weighted by Crippen LogP contribution is 2.36. The van der Waals surface area contributed by atoms with E-state index in [1.54, 1.807) is 18.2 Å². The Labute approximate surface area is 189 Å². The van der Waals surface area contributed by atoms with Gasteiger partial charge in [0.05, 0.1) is 16.6 Å². The number of carbonyl (C=O) groups excluding carboxylic acids is 1. The normalized spacial score (nSPS) is 18.1. The van der Waals surface area contributed by atoms with Crippen LogP contribution in [-0.2, 0) is 16.4 Å². The van der Waals surface area contributed by atoms with Crippen LogP contribution in [0.5, 0.6) is 0 Å². The van der Waals surface area contributed by atoms with E-state index in [1.807, 2.05) is 41.3 Å². The summed E-state index contributed by atoms with van der Waals surface area (Å²) >= 11 is 0. The summed E-state index contributed by atoms with van der Waals surface area (Å²) in [7, 11) is -3.74. The van der Waals surface area contributed by atoms with Crippen LogP contribution in [0.4, 0.5) is 5.69 Å². The zero-order chi connectivity index (χ0) is 22.3. The molecule has 2 aliphatic heterocycles. The van der Waals surface area contributed by atoms with Gasteiger partial charge in [0.1, 0.15) is 0 Å². The first-order chi connectivity index (χ1) is 15.5. The number of benzene rings is 3. The van der Waals surface area contributed by atoms with E-state index in [9.17, 15) is 13.2 Å². The van der Waals surface area contributed by atoms with Gasteiger partial charge in [-0.1, -0.05) is 48.5 Å². The van der Waals surface area contributed by atoms with Gasteiger partial charge < -0.3 is 4.90 Å². The van der Waals surface area contributed by atoms with Crippen molar-refractivity contribution in [3.8, 4) is 0 Å². The van der Waals surface area contributed by atoms with E-state index in [0.717, 1.165) is 29.7 Å². The van der Waals surface area contributed by atoms with Crippen molar-refractivity contribution >= 4 is 21.6 Å². The molecule has 1 saturated heterocycles. The molecule has 0 spiro atoms. The molecule has 3 aromatic rings. The van der Waals surface area contributed by atoms with Crippen LogP contribution in [0, 0.1) is 6.92 Å². The van der Waals surface area contributed by atoms with Crippen LogP contribution in [-0.4, -0.2) is 32.3 Å². The second-order valence-corrected chi connectivity index (χ2v) is 10.4. The Morgan fingerprint density at radius 1 is 0.938 bits per heavy atom. The zero-order valence-corrected chi connectivity index (χ0v) is 18.9. The van der Waals surface area contributed by atoms with Crippen molar-refractivity contribution in [2.75, 3.05) is 17.4 Å².